The second-order valence-electron chi connectivity index (χ2n) is 8.64. The van der Waals surface area contributed by atoms with Crippen LogP contribution < -0.4 is 0 Å². The number of halogens is 1. The zero-order valence-electron chi connectivity index (χ0n) is 18.7. The van der Waals surface area contributed by atoms with Crippen molar-refractivity contribution in [3.8, 4) is 0 Å². The van der Waals surface area contributed by atoms with Crippen LogP contribution in [0.15, 0.2) is 24.5 Å². The minimum atomic E-state index is -2.06. The Balaban J connectivity index is 2.57. The molecular weight excluding hydrogens is 405 g/mol. The highest BCUT2D eigenvalue weighted by Gasteiger charge is 2.37. The van der Waals surface area contributed by atoms with Crippen molar-refractivity contribution in [1.29, 1.82) is 0 Å². The van der Waals surface area contributed by atoms with E-state index in [1.165, 1.54) is 12.3 Å². The first-order valence-electron chi connectivity index (χ1n) is 9.92. The van der Waals surface area contributed by atoms with Crippen molar-refractivity contribution in [2.45, 2.75) is 65.5 Å². The number of esters is 2. The van der Waals surface area contributed by atoms with Gasteiger partial charge in [0.05, 0.1) is 13.2 Å². The van der Waals surface area contributed by atoms with E-state index in [0.717, 1.165) is 6.92 Å². The van der Waals surface area contributed by atoms with Crippen molar-refractivity contribution in [3.63, 3.8) is 0 Å². The third kappa shape index (κ3) is 5.23. The molecule has 0 bridgehead atoms. The van der Waals surface area contributed by atoms with Crippen LogP contribution in [0.1, 0.15) is 51.8 Å². The van der Waals surface area contributed by atoms with Gasteiger partial charge in [0, 0.05) is 30.3 Å². The van der Waals surface area contributed by atoms with Crippen LogP contribution in [0, 0.1) is 5.82 Å². The van der Waals surface area contributed by atoms with E-state index >= 15 is 4.39 Å². The van der Waals surface area contributed by atoms with E-state index in [1.54, 1.807) is 19.2 Å². The van der Waals surface area contributed by atoms with Crippen molar-refractivity contribution in [2.75, 3.05) is 6.61 Å². The summed E-state index contributed by atoms with van der Waals surface area (Å²) in [5.41, 5.74) is 0.576. The molecule has 1 atom stereocenters. The molecule has 0 saturated carbocycles. The Morgan fingerprint density at radius 2 is 1.90 bits per heavy atom. The largest absolute Gasteiger partial charge is 0.463 e. The average molecular weight is 436 g/mol. The van der Waals surface area contributed by atoms with Crippen molar-refractivity contribution >= 4 is 31.0 Å². The van der Waals surface area contributed by atoms with Crippen LogP contribution in [0.4, 0.5) is 4.39 Å². The van der Waals surface area contributed by atoms with E-state index in [2.05, 4.69) is 38.8 Å². The van der Waals surface area contributed by atoms with E-state index in [1.807, 2.05) is 0 Å². The number of carbonyl (C=O) groups excluding carboxylic acids is 2. The van der Waals surface area contributed by atoms with Crippen LogP contribution in [0.3, 0.4) is 0 Å². The maximum Gasteiger partial charge on any atom is 0.352 e. The molecule has 0 spiro atoms. The van der Waals surface area contributed by atoms with Crippen molar-refractivity contribution in [3.05, 3.63) is 41.5 Å². The summed E-state index contributed by atoms with van der Waals surface area (Å²) < 4.78 is 31.7. The number of hydrogen-bond donors (Lipinski definition) is 0. The number of hydrogen-bond acceptors (Lipinski definition) is 6. The average Bonchev–Trinajstić information content (AvgIpc) is 2.64. The van der Waals surface area contributed by atoms with E-state index < -0.39 is 32.2 Å². The number of carbonyl (C=O) groups is 2. The number of fused-ring (bicyclic) bond motifs is 1. The van der Waals surface area contributed by atoms with Gasteiger partial charge < -0.3 is 13.9 Å². The summed E-state index contributed by atoms with van der Waals surface area (Å²) >= 11 is 0. The minimum absolute atomic E-state index is 0.00384. The minimum Gasteiger partial charge on any atom is -0.463 e. The number of aromatic nitrogens is 1. The molecule has 8 heteroatoms. The third-order valence-electron chi connectivity index (χ3n) is 5.46. The normalized spacial score (nSPS) is 13.2. The molecule has 0 aliphatic carbocycles. The van der Waals surface area contributed by atoms with Crippen LogP contribution in [0.2, 0.25) is 18.1 Å². The molecule has 0 aliphatic rings. The topological polar surface area (TPSA) is 74.7 Å². The van der Waals surface area contributed by atoms with Gasteiger partial charge in [-0.1, -0.05) is 20.8 Å². The SMILES string of the molecule is CCOC(=O)C(OC(C)=O)c1c(F)cc(CO[Si](C)(C)C(C)(C)C)c2cnccc12. The van der Waals surface area contributed by atoms with Gasteiger partial charge in [-0.05, 0) is 48.1 Å². The Hall–Kier alpha value is -2.32. The van der Waals surface area contributed by atoms with Gasteiger partial charge in [-0.2, -0.15) is 0 Å². The van der Waals surface area contributed by atoms with Crippen LogP contribution in [-0.4, -0.2) is 31.8 Å². The zero-order chi connectivity index (χ0) is 22.7. The molecule has 1 unspecified atom stereocenters. The standard InChI is InChI=1S/C22H30FNO5Si/c1-8-27-21(26)20(29-14(2)25)19-16-9-10-24-12-17(16)15(11-18(19)23)13-28-30(6,7)22(3,4)5/h9-12,20H,8,13H2,1-7H3. The van der Waals surface area contributed by atoms with Crippen LogP contribution in [-0.2, 0) is 30.1 Å². The van der Waals surface area contributed by atoms with E-state index in [0.29, 0.717) is 16.3 Å². The lowest BCUT2D eigenvalue weighted by atomic mass is 9.97. The summed E-state index contributed by atoms with van der Waals surface area (Å²) in [6, 6.07) is 2.92. The second kappa shape index (κ2) is 9.22. The summed E-state index contributed by atoms with van der Waals surface area (Å²) in [6.45, 7) is 13.7. The maximum absolute atomic E-state index is 15.3. The summed E-state index contributed by atoms with van der Waals surface area (Å²) in [4.78, 5) is 28.2. The predicted molar refractivity (Wildman–Crippen MR) is 115 cm³/mol. The smallest absolute Gasteiger partial charge is 0.352 e. The first-order chi connectivity index (χ1) is 13.9. The van der Waals surface area contributed by atoms with Gasteiger partial charge in [-0.25, -0.2) is 9.18 Å². The van der Waals surface area contributed by atoms with Crippen molar-refractivity contribution in [2.24, 2.45) is 0 Å². The molecule has 0 N–H and O–H groups in total. The molecule has 1 aromatic heterocycles. The van der Waals surface area contributed by atoms with Gasteiger partial charge in [0.25, 0.3) is 0 Å². The van der Waals surface area contributed by atoms with Crippen molar-refractivity contribution < 1.29 is 27.9 Å². The molecule has 164 valence electrons. The van der Waals surface area contributed by atoms with Crippen LogP contribution >= 0.6 is 0 Å². The molecular formula is C22H30FNO5Si. The van der Waals surface area contributed by atoms with Gasteiger partial charge in [-0.15, -0.1) is 0 Å². The number of benzene rings is 1. The van der Waals surface area contributed by atoms with Gasteiger partial charge in [0.15, 0.2) is 8.32 Å². The highest BCUT2D eigenvalue weighted by atomic mass is 28.4. The molecule has 0 amide bonds. The lowest BCUT2D eigenvalue weighted by Crippen LogP contribution is -2.40. The quantitative estimate of drug-likeness (QED) is 0.447. The molecule has 6 nitrogen and oxygen atoms in total. The lowest BCUT2D eigenvalue weighted by Gasteiger charge is -2.36. The zero-order valence-corrected chi connectivity index (χ0v) is 19.7. The fraction of sp³-hybridized carbons (Fsp3) is 0.500. The summed E-state index contributed by atoms with van der Waals surface area (Å²) in [7, 11) is -2.06. The Morgan fingerprint density at radius 3 is 2.47 bits per heavy atom. The van der Waals surface area contributed by atoms with Gasteiger partial charge >= 0.3 is 11.9 Å². The first kappa shape index (κ1) is 24.0. The summed E-state index contributed by atoms with van der Waals surface area (Å²) in [5.74, 6) is -2.20. The second-order valence-corrected chi connectivity index (χ2v) is 13.5. The fourth-order valence-corrected chi connectivity index (χ4v) is 3.74. The Bertz CT molecular complexity index is 939. The highest BCUT2D eigenvalue weighted by molar-refractivity contribution is 6.74. The molecule has 0 radical (unpaired) electrons. The monoisotopic (exact) mass is 435 g/mol. The molecule has 0 aliphatic heterocycles. The number of rotatable bonds is 7. The van der Waals surface area contributed by atoms with Crippen LogP contribution in [0.25, 0.3) is 10.8 Å². The van der Waals surface area contributed by atoms with Gasteiger partial charge in [0.2, 0.25) is 6.10 Å². The molecule has 30 heavy (non-hydrogen) atoms. The molecule has 0 fully saturated rings. The molecule has 1 heterocycles. The molecule has 2 rings (SSSR count). The van der Waals surface area contributed by atoms with Gasteiger partial charge in [0.1, 0.15) is 5.82 Å². The summed E-state index contributed by atoms with van der Waals surface area (Å²) in [6.07, 6.45) is 1.60. The third-order valence-corrected chi connectivity index (χ3v) is 9.94. The fourth-order valence-electron chi connectivity index (χ4n) is 2.79. The summed E-state index contributed by atoms with van der Waals surface area (Å²) in [5, 5.41) is 1.07. The molecule has 2 aromatic rings. The number of pyridine rings is 1. The highest BCUT2D eigenvalue weighted by Crippen LogP contribution is 2.38. The molecule has 0 saturated heterocycles. The Morgan fingerprint density at radius 1 is 1.23 bits per heavy atom. The van der Waals surface area contributed by atoms with Gasteiger partial charge in [-0.3, -0.25) is 9.78 Å². The van der Waals surface area contributed by atoms with Crippen LogP contribution in [0.5, 0.6) is 0 Å². The van der Waals surface area contributed by atoms with Crippen molar-refractivity contribution in [1.82, 2.24) is 4.98 Å². The first-order valence-corrected chi connectivity index (χ1v) is 12.8. The predicted octanol–water partition coefficient (Wildman–Crippen LogP) is 5.06. The van der Waals surface area contributed by atoms with E-state index in [-0.39, 0.29) is 23.8 Å². The number of ether oxygens (including phenoxy) is 2. The molecule has 1 aromatic carbocycles. The number of nitrogens with zero attached hydrogens (tertiary/aromatic N) is 1. The maximum atomic E-state index is 15.3. The Kier molecular flexibility index (Phi) is 7.36. The van der Waals surface area contributed by atoms with E-state index in [4.69, 9.17) is 13.9 Å². The van der Waals surface area contributed by atoms with E-state index in [9.17, 15) is 9.59 Å². The Labute approximate surface area is 177 Å². The lowest BCUT2D eigenvalue weighted by molar-refractivity contribution is -0.167.